The molecule has 0 radical (unpaired) electrons. The van der Waals surface area contributed by atoms with E-state index >= 15 is 0 Å². The zero-order chi connectivity index (χ0) is 27.5. The quantitative estimate of drug-likeness (QED) is 0.197. The van der Waals surface area contributed by atoms with E-state index in [-0.39, 0.29) is 0 Å². The van der Waals surface area contributed by atoms with Gasteiger partial charge in [-0.25, -0.2) is 9.13 Å². The van der Waals surface area contributed by atoms with Crippen molar-refractivity contribution in [2.45, 2.75) is 11.8 Å². The van der Waals surface area contributed by atoms with Crippen molar-refractivity contribution in [1.29, 1.82) is 0 Å². The summed E-state index contributed by atoms with van der Waals surface area (Å²) >= 11 is 0. The third kappa shape index (κ3) is 10.4. The number of alkyl halides is 4. The first-order chi connectivity index (χ1) is 14.1. The van der Waals surface area contributed by atoms with Crippen molar-refractivity contribution in [3.63, 3.8) is 0 Å². The first kappa shape index (κ1) is 29.9. The van der Waals surface area contributed by atoms with Crippen LogP contribution in [0.2, 0.25) is 0 Å². The van der Waals surface area contributed by atoms with Crippen LogP contribution in [0.5, 0.6) is 0 Å². The molecule has 2 heterocycles. The number of rotatable bonds is 2. The number of aryl methyl sites for hydroxylation is 2. The Labute approximate surface area is 177 Å². The zero-order valence-electron chi connectivity index (χ0n) is 16.2. The van der Waals surface area contributed by atoms with E-state index in [1.54, 1.807) is 14.1 Å². The molecule has 0 aromatic carbocycles. The maximum absolute atomic E-state index is 13.8. The number of imidazole rings is 2. The molecule has 0 saturated heterocycles. The molecule has 0 fully saturated rings. The van der Waals surface area contributed by atoms with Gasteiger partial charge in [0.25, 0.3) is 0 Å². The van der Waals surface area contributed by atoms with Crippen molar-refractivity contribution in [1.82, 2.24) is 9.13 Å². The summed E-state index contributed by atoms with van der Waals surface area (Å²) in [5.41, 5.74) is -1.42. The van der Waals surface area contributed by atoms with Crippen molar-refractivity contribution < 1.29 is 77.1 Å². The van der Waals surface area contributed by atoms with Gasteiger partial charge in [0.05, 0.1) is 14.1 Å². The molecule has 0 unspecified atom stereocenters. The Kier molecular flexibility index (Phi) is 5.96. The third-order valence-electron chi connectivity index (χ3n) is 3.27. The van der Waals surface area contributed by atoms with Gasteiger partial charge < -0.3 is 0 Å². The summed E-state index contributed by atoms with van der Waals surface area (Å²) in [7, 11) is -18.1. The van der Waals surface area contributed by atoms with E-state index in [9.17, 15) is 67.9 Å². The summed E-state index contributed by atoms with van der Waals surface area (Å²) in [6.45, 7) is 0. The van der Waals surface area contributed by atoms with E-state index in [1.807, 2.05) is 0 Å². The van der Waals surface area contributed by atoms with Crippen LogP contribution >= 0.6 is 15.6 Å². The maximum atomic E-state index is 13.8. The van der Waals surface area contributed by atoms with Gasteiger partial charge in [-0.05, 0) is 0 Å². The van der Waals surface area contributed by atoms with Crippen LogP contribution in [-0.4, -0.2) is 21.0 Å². The van der Waals surface area contributed by atoms with Crippen LogP contribution in [0.1, 0.15) is 0 Å². The minimum atomic E-state index is -10.7. The van der Waals surface area contributed by atoms with Crippen LogP contribution in [-0.2, 0) is 14.1 Å². The van der Waals surface area contributed by atoms with Gasteiger partial charge in [0.2, 0.25) is 24.0 Å². The molecule has 0 aliphatic heterocycles. The van der Waals surface area contributed by atoms with Gasteiger partial charge in [-0.3, -0.25) is 0 Å². The van der Waals surface area contributed by atoms with E-state index in [1.165, 1.54) is 46.6 Å². The van der Waals surface area contributed by atoms with Crippen molar-refractivity contribution in [2.75, 3.05) is 0 Å². The van der Waals surface area contributed by atoms with Gasteiger partial charge in [-0.15, -0.1) is 0 Å². The van der Waals surface area contributed by atoms with Gasteiger partial charge >= 0.3 is 77.8 Å². The first-order valence-electron chi connectivity index (χ1n) is 7.86. The molecule has 0 N–H and O–H groups in total. The number of halogens is 16. The molecular formula is C12H12F16N4P2. The van der Waals surface area contributed by atoms with E-state index in [0.717, 1.165) is 9.13 Å². The molecule has 0 saturated carbocycles. The standard InChI is InChI=1S/C12H12F4N4.2F6P/c1-17-3-5-19(7-17)9-10(12(15,16)11(9,13)14)20-6-4-18(2)8-20;2*1-7(2,3,4,5)6/h3-8H,1-2H3;;/q+2;2*-1. The van der Waals surface area contributed by atoms with E-state index in [4.69, 9.17) is 0 Å². The van der Waals surface area contributed by atoms with E-state index in [2.05, 4.69) is 0 Å². The zero-order valence-corrected chi connectivity index (χ0v) is 18.0. The molecule has 2 aromatic heterocycles. The molecule has 1 aliphatic rings. The van der Waals surface area contributed by atoms with Crippen LogP contribution < -0.4 is 9.13 Å². The summed E-state index contributed by atoms with van der Waals surface area (Å²) in [5, 5.41) is 0. The van der Waals surface area contributed by atoms with Gasteiger partial charge in [-0.2, -0.15) is 26.7 Å². The second-order valence-electron chi connectivity index (χ2n) is 6.74. The Morgan fingerprint density at radius 1 is 0.559 bits per heavy atom. The second-order valence-corrected chi connectivity index (χ2v) is 10.6. The average molecular weight is 578 g/mol. The van der Waals surface area contributed by atoms with Crippen LogP contribution in [0.3, 0.4) is 0 Å². The SMILES string of the molecule is C[n+]1ccn(C2=C(n3cc[n+](C)c3)C(F)(F)C2(F)F)c1.F[P-](F)(F)(F)(F)F.F[P-](F)(F)(F)(F)F. The normalized spacial score (nSPS) is 21.4. The topological polar surface area (TPSA) is 17.6 Å². The fourth-order valence-electron chi connectivity index (χ4n) is 2.27. The Morgan fingerprint density at radius 2 is 0.765 bits per heavy atom. The van der Waals surface area contributed by atoms with Crippen molar-refractivity contribution in [3.05, 3.63) is 37.4 Å². The number of hydrogen-bond donors (Lipinski definition) is 0. The van der Waals surface area contributed by atoms with Crippen LogP contribution in [0, 0.1) is 0 Å². The van der Waals surface area contributed by atoms with Gasteiger partial charge in [-0.1, -0.05) is 0 Å². The average Bonchev–Trinajstić information content (AvgIpc) is 3.05. The summed E-state index contributed by atoms with van der Waals surface area (Å²) in [4.78, 5) is 0. The van der Waals surface area contributed by atoms with Crippen molar-refractivity contribution in [3.8, 4) is 0 Å². The summed E-state index contributed by atoms with van der Waals surface area (Å²) in [5.74, 6) is -8.39. The number of hydrogen-bond acceptors (Lipinski definition) is 0. The molecule has 0 amide bonds. The second kappa shape index (κ2) is 6.77. The fourth-order valence-corrected chi connectivity index (χ4v) is 2.27. The third-order valence-corrected chi connectivity index (χ3v) is 3.27. The van der Waals surface area contributed by atoms with Gasteiger partial charge in [0, 0.05) is 0 Å². The molecule has 22 heteroatoms. The van der Waals surface area contributed by atoms with Crippen LogP contribution in [0.4, 0.5) is 67.9 Å². The Balaban J connectivity index is 0.000000343. The summed E-state index contributed by atoms with van der Waals surface area (Å²) in [6, 6.07) is 0. The molecule has 4 nitrogen and oxygen atoms in total. The summed E-state index contributed by atoms with van der Waals surface area (Å²) in [6.07, 6.45) is 8.30. The Bertz CT molecular complexity index is 993. The first-order valence-corrected chi connectivity index (χ1v) is 11.9. The molecule has 202 valence electrons. The number of aromatic nitrogens is 4. The van der Waals surface area contributed by atoms with Crippen LogP contribution in [0.15, 0.2) is 37.4 Å². The van der Waals surface area contributed by atoms with Crippen molar-refractivity contribution >= 4 is 27.0 Å². The Morgan fingerprint density at radius 3 is 0.912 bits per heavy atom. The monoisotopic (exact) mass is 578 g/mol. The minimum absolute atomic E-state index is 0.709. The van der Waals surface area contributed by atoms with Gasteiger partial charge in [0.1, 0.15) is 24.8 Å². The van der Waals surface area contributed by atoms with Crippen molar-refractivity contribution in [2.24, 2.45) is 14.1 Å². The molecule has 2 aromatic rings. The summed E-state index contributed by atoms with van der Waals surface area (Å²) < 4.78 is 178. The van der Waals surface area contributed by atoms with E-state index in [0.29, 0.717) is 0 Å². The molecule has 0 spiro atoms. The molecule has 0 bridgehead atoms. The predicted octanol–water partition coefficient (Wildman–Crippen LogP) is 7.81. The number of allylic oxidation sites excluding steroid dienone is 2. The number of nitrogens with zero attached hydrogens (tertiary/aromatic N) is 4. The predicted molar refractivity (Wildman–Crippen MR) is 87.7 cm³/mol. The van der Waals surface area contributed by atoms with Crippen LogP contribution in [0.25, 0.3) is 11.4 Å². The molecular weight excluding hydrogens is 566 g/mol. The Hall–Kier alpha value is -2.10. The molecule has 3 rings (SSSR count). The fraction of sp³-hybridized carbons (Fsp3) is 0.333. The molecule has 1 aliphatic carbocycles. The van der Waals surface area contributed by atoms with Gasteiger partial charge in [0.15, 0.2) is 0 Å². The molecule has 0 atom stereocenters. The van der Waals surface area contributed by atoms with E-state index < -0.39 is 38.9 Å². The molecule has 34 heavy (non-hydrogen) atoms.